The van der Waals surface area contributed by atoms with Crippen molar-refractivity contribution in [3.8, 4) is 0 Å². The number of carbonyl (C=O) groups is 1. The topological polar surface area (TPSA) is 90.5 Å². The molecule has 0 atom stereocenters. The van der Waals surface area contributed by atoms with Crippen LogP contribution in [0.2, 0.25) is 0 Å². The Labute approximate surface area is 170 Å². The van der Waals surface area contributed by atoms with Gasteiger partial charge in [0.25, 0.3) is 15.9 Å². The molecule has 3 rings (SSSR count). The third-order valence-electron chi connectivity index (χ3n) is 4.50. The van der Waals surface area contributed by atoms with Gasteiger partial charge in [-0.2, -0.15) is 0 Å². The van der Waals surface area contributed by atoms with E-state index in [1.54, 1.807) is 12.1 Å². The third kappa shape index (κ3) is 5.24. The Morgan fingerprint density at radius 3 is 2.38 bits per heavy atom. The highest BCUT2D eigenvalue weighted by molar-refractivity contribution is 7.92. The number of hydrogen-bond donors (Lipinski definition) is 3. The molecule has 1 saturated heterocycles. The van der Waals surface area contributed by atoms with Crippen LogP contribution in [0.15, 0.2) is 47.4 Å². The highest BCUT2D eigenvalue weighted by atomic mass is 32.2. The second-order valence-corrected chi connectivity index (χ2v) is 8.84. The maximum absolute atomic E-state index is 13.2. The molecule has 1 amide bonds. The predicted molar refractivity (Wildman–Crippen MR) is 111 cm³/mol. The van der Waals surface area contributed by atoms with E-state index in [0.29, 0.717) is 30.0 Å². The second kappa shape index (κ2) is 8.79. The van der Waals surface area contributed by atoms with Crippen molar-refractivity contribution in [2.24, 2.45) is 0 Å². The molecule has 2 aromatic carbocycles. The molecule has 7 nitrogen and oxygen atoms in total. The molecule has 3 N–H and O–H groups in total. The summed E-state index contributed by atoms with van der Waals surface area (Å²) < 4.78 is 41.4. The lowest BCUT2D eigenvalue weighted by Crippen LogP contribution is -2.43. The first-order chi connectivity index (χ1) is 13.8. The molecule has 0 radical (unpaired) electrons. The molecular weight excluding hydrogens is 395 g/mol. The van der Waals surface area contributed by atoms with Crippen LogP contribution in [0.3, 0.4) is 0 Å². The Hall–Kier alpha value is -2.65. The minimum Gasteiger partial charge on any atom is -0.367 e. The van der Waals surface area contributed by atoms with Gasteiger partial charge in [-0.25, -0.2) is 12.8 Å². The second-order valence-electron chi connectivity index (χ2n) is 7.16. The van der Waals surface area contributed by atoms with Crippen molar-refractivity contribution in [3.05, 3.63) is 53.8 Å². The van der Waals surface area contributed by atoms with E-state index >= 15 is 0 Å². The lowest BCUT2D eigenvalue weighted by Gasteiger charge is -2.31. The van der Waals surface area contributed by atoms with E-state index in [0.717, 1.165) is 25.2 Å². The van der Waals surface area contributed by atoms with Gasteiger partial charge in [0.05, 0.1) is 16.3 Å². The number of anilines is 2. The standard InChI is InChI=1S/C20H25FN4O3S/c1-14(2)23-20(26)15-3-8-19(25-11-9-22-10-12-25)18(13-15)24-29(27,28)17-6-4-16(21)5-7-17/h3-8,13-14,22,24H,9-12H2,1-2H3,(H,23,26). The fraction of sp³-hybridized carbons (Fsp3) is 0.350. The van der Waals surface area contributed by atoms with Gasteiger partial charge in [0.1, 0.15) is 5.82 Å². The molecule has 0 unspecified atom stereocenters. The van der Waals surface area contributed by atoms with E-state index in [4.69, 9.17) is 0 Å². The van der Waals surface area contributed by atoms with Crippen molar-refractivity contribution in [3.63, 3.8) is 0 Å². The lowest BCUT2D eigenvalue weighted by atomic mass is 10.1. The third-order valence-corrected chi connectivity index (χ3v) is 5.89. The summed E-state index contributed by atoms with van der Waals surface area (Å²) in [5.74, 6) is -0.799. The van der Waals surface area contributed by atoms with Crippen molar-refractivity contribution in [2.45, 2.75) is 24.8 Å². The number of piperazine rings is 1. The van der Waals surface area contributed by atoms with Crippen LogP contribution in [0, 0.1) is 5.82 Å². The highest BCUT2D eigenvalue weighted by Crippen LogP contribution is 2.30. The average Bonchev–Trinajstić information content (AvgIpc) is 2.68. The summed E-state index contributed by atoms with van der Waals surface area (Å²) in [6, 6.07) is 9.53. The number of halogens is 1. The minimum atomic E-state index is -3.95. The predicted octanol–water partition coefficient (Wildman–Crippen LogP) is 2.17. The summed E-state index contributed by atoms with van der Waals surface area (Å²) in [7, 11) is -3.95. The molecule has 156 valence electrons. The van der Waals surface area contributed by atoms with Gasteiger partial charge in [-0.05, 0) is 56.3 Å². The zero-order chi connectivity index (χ0) is 21.0. The molecule has 2 aromatic rings. The number of hydrogen-bond acceptors (Lipinski definition) is 5. The first-order valence-electron chi connectivity index (χ1n) is 9.45. The van der Waals surface area contributed by atoms with E-state index in [-0.39, 0.29) is 16.8 Å². The Morgan fingerprint density at radius 1 is 1.10 bits per heavy atom. The van der Waals surface area contributed by atoms with E-state index in [1.165, 1.54) is 18.2 Å². The van der Waals surface area contributed by atoms with Gasteiger partial charge in [0, 0.05) is 37.8 Å². The molecule has 0 aliphatic carbocycles. The monoisotopic (exact) mass is 420 g/mol. The van der Waals surface area contributed by atoms with Gasteiger partial charge in [0.15, 0.2) is 0 Å². The number of sulfonamides is 1. The molecular formula is C20H25FN4O3S. The van der Waals surface area contributed by atoms with Crippen molar-refractivity contribution in [1.29, 1.82) is 0 Å². The maximum Gasteiger partial charge on any atom is 0.261 e. The Morgan fingerprint density at radius 2 is 1.76 bits per heavy atom. The Kier molecular flexibility index (Phi) is 6.39. The van der Waals surface area contributed by atoms with Gasteiger partial charge < -0.3 is 15.5 Å². The number of rotatable bonds is 6. The smallest absolute Gasteiger partial charge is 0.261 e. The molecule has 0 saturated carbocycles. The summed E-state index contributed by atoms with van der Waals surface area (Å²) in [6.07, 6.45) is 0. The van der Waals surface area contributed by atoms with Crippen molar-refractivity contribution < 1.29 is 17.6 Å². The van der Waals surface area contributed by atoms with Crippen LogP contribution in [0.25, 0.3) is 0 Å². The van der Waals surface area contributed by atoms with E-state index in [2.05, 4.69) is 20.3 Å². The van der Waals surface area contributed by atoms with Crippen LogP contribution in [0.5, 0.6) is 0 Å². The molecule has 1 aliphatic rings. The summed E-state index contributed by atoms with van der Waals surface area (Å²) in [5.41, 5.74) is 1.36. The van der Waals surface area contributed by atoms with E-state index in [9.17, 15) is 17.6 Å². The number of benzene rings is 2. The van der Waals surface area contributed by atoms with Gasteiger partial charge in [0.2, 0.25) is 0 Å². The zero-order valence-corrected chi connectivity index (χ0v) is 17.2. The molecule has 1 heterocycles. The summed E-state index contributed by atoms with van der Waals surface area (Å²) in [5, 5.41) is 6.06. The molecule has 0 bridgehead atoms. The molecule has 29 heavy (non-hydrogen) atoms. The lowest BCUT2D eigenvalue weighted by molar-refractivity contribution is 0.0943. The van der Waals surface area contributed by atoms with E-state index in [1.807, 2.05) is 13.8 Å². The molecule has 0 spiro atoms. The normalized spacial score (nSPS) is 14.7. The molecule has 1 fully saturated rings. The average molecular weight is 421 g/mol. The quantitative estimate of drug-likeness (QED) is 0.666. The van der Waals surface area contributed by atoms with Crippen molar-refractivity contribution >= 4 is 27.3 Å². The molecule has 0 aromatic heterocycles. The van der Waals surface area contributed by atoms with Crippen LogP contribution >= 0.6 is 0 Å². The van der Waals surface area contributed by atoms with Crippen LogP contribution in [0.1, 0.15) is 24.2 Å². The Bertz CT molecular complexity index is 972. The summed E-state index contributed by atoms with van der Waals surface area (Å²) >= 11 is 0. The van der Waals surface area contributed by atoms with Gasteiger partial charge in [-0.3, -0.25) is 9.52 Å². The summed E-state index contributed by atoms with van der Waals surface area (Å²) in [6.45, 7) is 6.68. The Balaban J connectivity index is 1.98. The van der Waals surface area contributed by atoms with Crippen LogP contribution < -0.4 is 20.3 Å². The fourth-order valence-corrected chi connectivity index (χ4v) is 4.17. The van der Waals surface area contributed by atoms with Gasteiger partial charge in [-0.15, -0.1) is 0 Å². The van der Waals surface area contributed by atoms with Gasteiger partial charge >= 0.3 is 0 Å². The van der Waals surface area contributed by atoms with Crippen LogP contribution in [0.4, 0.5) is 15.8 Å². The number of nitrogens with zero attached hydrogens (tertiary/aromatic N) is 1. The van der Waals surface area contributed by atoms with Crippen LogP contribution in [-0.4, -0.2) is 46.5 Å². The first kappa shape index (κ1) is 21.1. The SMILES string of the molecule is CC(C)NC(=O)c1ccc(N2CCNCC2)c(NS(=O)(=O)c2ccc(F)cc2)c1. The fourth-order valence-electron chi connectivity index (χ4n) is 3.10. The highest BCUT2D eigenvalue weighted by Gasteiger charge is 2.21. The summed E-state index contributed by atoms with van der Waals surface area (Å²) in [4.78, 5) is 14.4. The first-order valence-corrected chi connectivity index (χ1v) is 10.9. The largest absolute Gasteiger partial charge is 0.367 e. The van der Waals surface area contributed by atoms with E-state index < -0.39 is 15.8 Å². The van der Waals surface area contributed by atoms with Crippen LogP contribution in [-0.2, 0) is 10.0 Å². The number of carbonyl (C=O) groups excluding carboxylic acids is 1. The van der Waals surface area contributed by atoms with Crippen molar-refractivity contribution in [1.82, 2.24) is 10.6 Å². The number of amides is 1. The van der Waals surface area contributed by atoms with Gasteiger partial charge in [-0.1, -0.05) is 0 Å². The molecule has 1 aliphatic heterocycles. The van der Waals surface area contributed by atoms with Crippen molar-refractivity contribution in [2.75, 3.05) is 35.8 Å². The zero-order valence-electron chi connectivity index (χ0n) is 16.4. The maximum atomic E-state index is 13.2. The minimum absolute atomic E-state index is 0.0466. The molecule has 9 heteroatoms. The number of nitrogens with one attached hydrogen (secondary N) is 3.